The molecule has 12 heavy (non-hydrogen) atoms. The summed E-state index contributed by atoms with van der Waals surface area (Å²) in [6, 6.07) is 0.282. The first-order chi connectivity index (χ1) is 5.88. The highest BCUT2D eigenvalue weighted by Crippen LogP contribution is 2.14. The number of urea groups is 1. The van der Waals surface area contributed by atoms with E-state index < -0.39 is 0 Å². The van der Waals surface area contributed by atoms with Gasteiger partial charge in [-0.1, -0.05) is 0 Å². The molecule has 2 fully saturated rings. The molecule has 0 saturated carbocycles. The summed E-state index contributed by atoms with van der Waals surface area (Å²) < 4.78 is 0. The second-order valence-electron chi connectivity index (χ2n) is 3.67. The summed E-state index contributed by atoms with van der Waals surface area (Å²) in [6.45, 7) is 3.93. The van der Waals surface area contributed by atoms with Gasteiger partial charge in [-0.3, -0.25) is 0 Å². The second-order valence-corrected chi connectivity index (χ2v) is 3.67. The minimum Gasteiger partial charge on any atom is -0.325 e. The van der Waals surface area contributed by atoms with E-state index in [1.807, 2.05) is 9.80 Å². The van der Waals surface area contributed by atoms with Crippen molar-refractivity contribution in [2.45, 2.75) is 25.7 Å². The maximum atomic E-state index is 11.7. The molecule has 0 aromatic rings. The zero-order valence-electron chi connectivity index (χ0n) is 7.46. The molecule has 0 radical (unpaired) electrons. The summed E-state index contributed by atoms with van der Waals surface area (Å²) in [5.41, 5.74) is 0. The van der Waals surface area contributed by atoms with E-state index in [0.717, 1.165) is 26.2 Å². The molecule has 0 unspecified atom stereocenters. The number of hydrogen-bond donors (Lipinski definition) is 0. The molecule has 0 spiro atoms. The second kappa shape index (κ2) is 3.33. The quantitative estimate of drug-likeness (QED) is 0.534. The molecule has 0 aromatic heterocycles. The zero-order valence-corrected chi connectivity index (χ0v) is 7.46. The molecular weight excluding hydrogens is 152 g/mol. The SMILES string of the molecule is O=C(N1CCCC1)N1CCCC1. The predicted octanol–water partition coefficient (Wildman–Crippen LogP) is 1.30. The Balaban J connectivity index is 1.89. The van der Waals surface area contributed by atoms with E-state index >= 15 is 0 Å². The maximum absolute atomic E-state index is 11.7. The Kier molecular flexibility index (Phi) is 2.19. The Bertz CT molecular complexity index is 151. The van der Waals surface area contributed by atoms with Gasteiger partial charge >= 0.3 is 6.03 Å². The average molecular weight is 168 g/mol. The molecule has 0 N–H and O–H groups in total. The van der Waals surface area contributed by atoms with Crippen molar-refractivity contribution in [1.82, 2.24) is 9.80 Å². The predicted molar refractivity (Wildman–Crippen MR) is 47.0 cm³/mol. The largest absolute Gasteiger partial charge is 0.325 e. The summed E-state index contributed by atoms with van der Waals surface area (Å²) >= 11 is 0. The highest BCUT2D eigenvalue weighted by molar-refractivity contribution is 5.74. The number of nitrogens with zero attached hydrogens (tertiary/aromatic N) is 2. The molecule has 2 aliphatic heterocycles. The van der Waals surface area contributed by atoms with Crippen molar-refractivity contribution in [1.29, 1.82) is 0 Å². The Hall–Kier alpha value is -0.730. The van der Waals surface area contributed by atoms with E-state index in [4.69, 9.17) is 0 Å². The zero-order chi connectivity index (χ0) is 8.39. The van der Waals surface area contributed by atoms with Gasteiger partial charge in [0.15, 0.2) is 0 Å². The Morgan fingerprint density at radius 1 is 0.750 bits per heavy atom. The van der Waals surface area contributed by atoms with Gasteiger partial charge in [-0.2, -0.15) is 0 Å². The van der Waals surface area contributed by atoms with Gasteiger partial charge in [-0.05, 0) is 25.7 Å². The molecular formula is C9H16N2O. The molecule has 3 heteroatoms. The lowest BCUT2D eigenvalue weighted by Crippen LogP contribution is -2.39. The van der Waals surface area contributed by atoms with Crippen LogP contribution in [0.5, 0.6) is 0 Å². The van der Waals surface area contributed by atoms with Crippen LogP contribution in [0.3, 0.4) is 0 Å². The van der Waals surface area contributed by atoms with Gasteiger partial charge in [0.2, 0.25) is 0 Å². The number of likely N-dealkylation sites (tertiary alicyclic amines) is 2. The van der Waals surface area contributed by atoms with Crippen LogP contribution in [-0.2, 0) is 0 Å². The first-order valence-electron chi connectivity index (χ1n) is 4.92. The van der Waals surface area contributed by atoms with Gasteiger partial charge in [-0.15, -0.1) is 0 Å². The van der Waals surface area contributed by atoms with Crippen LogP contribution in [0.25, 0.3) is 0 Å². The van der Waals surface area contributed by atoms with Crippen molar-refractivity contribution >= 4 is 6.03 Å². The maximum Gasteiger partial charge on any atom is 0.319 e. The summed E-state index contributed by atoms with van der Waals surface area (Å²) in [5.74, 6) is 0. The molecule has 0 aromatic carbocycles. The highest BCUT2D eigenvalue weighted by atomic mass is 16.2. The third-order valence-corrected chi connectivity index (χ3v) is 2.75. The van der Waals surface area contributed by atoms with E-state index in [2.05, 4.69) is 0 Å². The molecule has 0 bridgehead atoms. The topological polar surface area (TPSA) is 23.6 Å². The lowest BCUT2D eigenvalue weighted by Gasteiger charge is -2.23. The number of carbonyl (C=O) groups excluding carboxylic acids is 1. The molecule has 2 aliphatic rings. The number of amides is 2. The third-order valence-electron chi connectivity index (χ3n) is 2.75. The minimum atomic E-state index is 0.282. The Morgan fingerprint density at radius 2 is 1.08 bits per heavy atom. The van der Waals surface area contributed by atoms with Crippen molar-refractivity contribution in [2.75, 3.05) is 26.2 Å². The summed E-state index contributed by atoms with van der Waals surface area (Å²) in [5, 5.41) is 0. The molecule has 2 heterocycles. The molecule has 3 nitrogen and oxygen atoms in total. The van der Waals surface area contributed by atoms with Crippen LogP contribution in [0.4, 0.5) is 4.79 Å². The van der Waals surface area contributed by atoms with Crippen molar-refractivity contribution < 1.29 is 4.79 Å². The molecule has 2 rings (SSSR count). The Morgan fingerprint density at radius 3 is 1.42 bits per heavy atom. The van der Waals surface area contributed by atoms with Crippen LogP contribution in [0.15, 0.2) is 0 Å². The van der Waals surface area contributed by atoms with Crippen LogP contribution >= 0.6 is 0 Å². The molecule has 0 aliphatic carbocycles. The third kappa shape index (κ3) is 1.40. The summed E-state index contributed by atoms with van der Waals surface area (Å²) in [7, 11) is 0. The van der Waals surface area contributed by atoms with E-state index in [9.17, 15) is 4.79 Å². The van der Waals surface area contributed by atoms with Crippen LogP contribution in [0.2, 0.25) is 0 Å². The van der Waals surface area contributed by atoms with E-state index in [1.54, 1.807) is 0 Å². The monoisotopic (exact) mass is 168 g/mol. The van der Waals surface area contributed by atoms with Gasteiger partial charge in [0.25, 0.3) is 0 Å². The van der Waals surface area contributed by atoms with Gasteiger partial charge < -0.3 is 9.80 Å². The van der Waals surface area contributed by atoms with Crippen LogP contribution in [0.1, 0.15) is 25.7 Å². The van der Waals surface area contributed by atoms with Crippen molar-refractivity contribution in [3.05, 3.63) is 0 Å². The normalized spacial score (nSPS) is 23.7. The van der Waals surface area contributed by atoms with Crippen molar-refractivity contribution in [3.8, 4) is 0 Å². The smallest absolute Gasteiger partial charge is 0.319 e. The van der Waals surface area contributed by atoms with Gasteiger partial charge in [-0.25, -0.2) is 4.79 Å². The van der Waals surface area contributed by atoms with Crippen LogP contribution in [-0.4, -0.2) is 42.0 Å². The fourth-order valence-electron chi connectivity index (χ4n) is 2.02. The molecule has 2 saturated heterocycles. The van der Waals surface area contributed by atoms with Crippen molar-refractivity contribution in [3.63, 3.8) is 0 Å². The number of rotatable bonds is 0. The summed E-state index contributed by atoms with van der Waals surface area (Å²) in [6.07, 6.45) is 4.78. The van der Waals surface area contributed by atoms with Crippen LogP contribution in [0, 0.1) is 0 Å². The Labute approximate surface area is 73.3 Å². The molecule has 68 valence electrons. The average Bonchev–Trinajstić information content (AvgIpc) is 2.77. The summed E-state index contributed by atoms with van der Waals surface area (Å²) in [4.78, 5) is 15.7. The number of hydrogen-bond acceptors (Lipinski definition) is 1. The number of carbonyl (C=O) groups is 1. The lowest BCUT2D eigenvalue weighted by molar-refractivity contribution is 0.173. The van der Waals surface area contributed by atoms with Gasteiger partial charge in [0.05, 0.1) is 0 Å². The van der Waals surface area contributed by atoms with Crippen LogP contribution < -0.4 is 0 Å². The van der Waals surface area contributed by atoms with Gasteiger partial charge in [0, 0.05) is 26.2 Å². The van der Waals surface area contributed by atoms with E-state index in [-0.39, 0.29) is 6.03 Å². The van der Waals surface area contributed by atoms with Crippen molar-refractivity contribution in [2.24, 2.45) is 0 Å². The van der Waals surface area contributed by atoms with Gasteiger partial charge in [0.1, 0.15) is 0 Å². The highest BCUT2D eigenvalue weighted by Gasteiger charge is 2.25. The molecule has 0 atom stereocenters. The van der Waals surface area contributed by atoms with E-state index in [1.165, 1.54) is 25.7 Å². The minimum absolute atomic E-state index is 0.282. The fourth-order valence-corrected chi connectivity index (χ4v) is 2.02. The first kappa shape index (κ1) is 7.90. The van der Waals surface area contributed by atoms with E-state index in [0.29, 0.717) is 0 Å². The first-order valence-corrected chi connectivity index (χ1v) is 4.92. The lowest BCUT2D eigenvalue weighted by atomic mass is 10.4. The fraction of sp³-hybridized carbons (Fsp3) is 0.889. The molecule has 2 amide bonds. The standard InChI is InChI=1S/C9H16N2O/c12-9(10-5-1-2-6-10)11-7-3-4-8-11/h1-8H2.